The van der Waals surface area contributed by atoms with Gasteiger partial charge in [-0.2, -0.15) is 0 Å². The number of benzene rings is 2. The third-order valence-corrected chi connectivity index (χ3v) is 5.25. The van der Waals surface area contributed by atoms with Gasteiger partial charge in [-0.3, -0.25) is 4.79 Å². The van der Waals surface area contributed by atoms with Crippen molar-refractivity contribution in [3.63, 3.8) is 0 Å². The summed E-state index contributed by atoms with van der Waals surface area (Å²) in [7, 11) is 3.20. The molecule has 3 aromatic rings. The van der Waals surface area contributed by atoms with E-state index in [1.54, 1.807) is 20.3 Å². The van der Waals surface area contributed by atoms with E-state index < -0.39 is 0 Å². The van der Waals surface area contributed by atoms with Crippen LogP contribution >= 0.6 is 0 Å². The van der Waals surface area contributed by atoms with Crippen LogP contribution in [0.3, 0.4) is 0 Å². The monoisotopic (exact) mass is 376 g/mol. The molecule has 1 aliphatic rings. The second-order valence-corrected chi connectivity index (χ2v) is 6.95. The Morgan fingerprint density at radius 2 is 1.68 bits per heavy atom. The number of nitrogens with zero attached hydrogens (tertiary/aromatic N) is 2. The van der Waals surface area contributed by atoms with E-state index in [1.165, 1.54) is 5.56 Å². The van der Waals surface area contributed by atoms with E-state index in [0.29, 0.717) is 30.2 Å². The van der Waals surface area contributed by atoms with Gasteiger partial charge in [0.2, 0.25) is 0 Å². The molecule has 0 radical (unpaired) electrons. The van der Waals surface area contributed by atoms with Crippen LogP contribution in [-0.4, -0.2) is 36.1 Å². The van der Waals surface area contributed by atoms with Crippen LogP contribution in [0.5, 0.6) is 11.5 Å². The Morgan fingerprint density at radius 1 is 0.929 bits per heavy atom. The highest BCUT2D eigenvalue weighted by molar-refractivity contribution is 5.97. The van der Waals surface area contributed by atoms with Crippen LogP contribution < -0.4 is 9.47 Å². The smallest absolute Gasteiger partial charge is 0.254 e. The number of fused-ring (bicyclic) bond motifs is 1. The van der Waals surface area contributed by atoms with Crippen LogP contribution in [0.25, 0.3) is 0 Å². The van der Waals surface area contributed by atoms with Crippen molar-refractivity contribution in [3.8, 4) is 11.5 Å². The van der Waals surface area contributed by atoms with Gasteiger partial charge in [0.1, 0.15) is 0 Å². The number of amides is 1. The van der Waals surface area contributed by atoms with Crippen LogP contribution in [0.2, 0.25) is 0 Å². The van der Waals surface area contributed by atoms with Gasteiger partial charge in [-0.05, 0) is 41.8 Å². The molecule has 0 saturated heterocycles. The zero-order valence-corrected chi connectivity index (χ0v) is 16.2. The van der Waals surface area contributed by atoms with Gasteiger partial charge in [0, 0.05) is 30.5 Å². The summed E-state index contributed by atoms with van der Waals surface area (Å²) in [5, 5.41) is 0. The molecule has 1 amide bonds. The van der Waals surface area contributed by atoms with Crippen molar-refractivity contribution in [2.75, 3.05) is 20.8 Å². The minimum atomic E-state index is 0.0367. The van der Waals surface area contributed by atoms with Gasteiger partial charge in [0.05, 0.1) is 20.8 Å². The van der Waals surface area contributed by atoms with Crippen LogP contribution in [0.1, 0.15) is 27.2 Å². The van der Waals surface area contributed by atoms with E-state index in [2.05, 4.69) is 29.0 Å². The van der Waals surface area contributed by atoms with E-state index in [9.17, 15) is 4.79 Å². The Bertz CT molecular complexity index is 979. The molecule has 0 spiro atoms. The lowest BCUT2D eigenvalue weighted by molar-refractivity contribution is 0.0722. The molecule has 0 atom stereocenters. The molecule has 5 nitrogen and oxygen atoms in total. The fourth-order valence-corrected chi connectivity index (χ4v) is 3.73. The average molecular weight is 376 g/mol. The zero-order valence-electron chi connectivity index (χ0n) is 16.2. The van der Waals surface area contributed by atoms with Gasteiger partial charge >= 0.3 is 0 Å². The maximum atomic E-state index is 13.1. The van der Waals surface area contributed by atoms with Crippen molar-refractivity contribution in [2.45, 2.75) is 19.5 Å². The molecule has 2 heterocycles. The first-order valence-electron chi connectivity index (χ1n) is 9.41. The summed E-state index contributed by atoms with van der Waals surface area (Å²) >= 11 is 0. The second-order valence-electron chi connectivity index (χ2n) is 6.95. The largest absolute Gasteiger partial charge is 0.493 e. The molecule has 2 aromatic carbocycles. The minimum Gasteiger partial charge on any atom is -0.493 e. The van der Waals surface area contributed by atoms with Crippen LogP contribution in [-0.2, 0) is 19.5 Å². The number of carbonyl (C=O) groups is 1. The first-order valence-corrected chi connectivity index (χ1v) is 9.41. The van der Waals surface area contributed by atoms with Gasteiger partial charge in [0.25, 0.3) is 5.91 Å². The van der Waals surface area contributed by atoms with Gasteiger partial charge < -0.3 is 18.9 Å². The van der Waals surface area contributed by atoms with E-state index in [0.717, 1.165) is 24.2 Å². The predicted octanol–water partition coefficient (Wildman–Crippen LogP) is 3.75. The zero-order chi connectivity index (χ0) is 19.5. The maximum Gasteiger partial charge on any atom is 0.254 e. The molecule has 0 fully saturated rings. The predicted molar refractivity (Wildman–Crippen MR) is 108 cm³/mol. The molecule has 144 valence electrons. The molecular formula is C23H24N2O3. The van der Waals surface area contributed by atoms with Crippen molar-refractivity contribution < 1.29 is 14.3 Å². The third-order valence-electron chi connectivity index (χ3n) is 5.25. The SMILES string of the molecule is COc1cc2c(cc1OC)C(=O)N(Cc1cccn1Cc1ccccc1)CC2. The van der Waals surface area contributed by atoms with Crippen molar-refractivity contribution in [2.24, 2.45) is 0 Å². The summed E-state index contributed by atoms with van der Waals surface area (Å²) in [6, 6.07) is 18.2. The van der Waals surface area contributed by atoms with E-state index >= 15 is 0 Å². The lowest BCUT2D eigenvalue weighted by atomic mass is 9.98. The molecule has 0 aliphatic carbocycles. The average Bonchev–Trinajstić information content (AvgIpc) is 3.16. The van der Waals surface area contributed by atoms with Crippen LogP contribution in [0.15, 0.2) is 60.8 Å². The standard InChI is InChI=1S/C23H24N2O3/c1-27-21-13-18-10-12-25(23(26)20(18)14-22(21)28-2)16-19-9-6-11-24(19)15-17-7-4-3-5-8-17/h3-9,11,13-14H,10,12,15-16H2,1-2H3. The number of ether oxygens (including phenoxy) is 2. The van der Waals surface area contributed by atoms with E-state index in [1.807, 2.05) is 35.2 Å². The molecule has 0 bridgehead atoms. The molecule has 28 heavy (non-hydrogen) atoms. The maximum absolute atomic E-state index is 13.1. The Kier molecular flexibility index (Phi) is 5.06. The topological polar surface area (TPSA) is 43.7 Å². The van der Waals surface area contributed by atoms with Crippen molar-refractivity contribution in [1.29, 1.82) is 0 Å². The summed E-state index contributed by atoms with van der Waals surface area (Å²) in [5.41, 5.74) is 4.08. The summed E-state index contributed by atoms with van der Waals surface area (Å²) in [4.78, 5) is 15.0. The lowest BCUT2D eigenvalue weighted by Crippen LogP contribution is -2.37. The molecule has 0 saturated carbocycles. The Morgan fingerprint density at radius 3 is 2.43 bits per heavy atom. The molecule has 0 unspecified atom stereocenters. The van der Waals surface area contributed by atoms with Crippen molar-refractivity contribution >= 4 is 5.91 Å². The van der Waals surface area contributed by atoms with Crippen molar-refractivity contribution in [1.82, 2.24) is 9.47 Å². The first kappa shape index (κ1) is 18.2. The number of hydrogen-bond donors (Lipinski definition) is 0. The highest BCUT2D eigenvalue weighted by Crippen LogP contribution is 2.33. The molecule has 4 rings (SSSR count). The van der Waals surface area contributed by atoms with E-state index in [4.69, 9.17) is 9.47 Å². The second kappa shape index (κ2) is 7.80. The number of carbonyl (C=O) groups excluding carboxylic acids is 1. The Labute approximate surface area is 165 Å². The van der Waals surface area contributed by atoms with E-state index in [-0.39, 0.29) is 5.91 Å². The summed E-state index contributed by atoms with van der Waals surface area (Å²) in [6.45, 7) is 2.08. The summed E-state index contributed by atoms with van der Waals surface area (Å²) in [6.07, 6.45) is 2.87. The fraction of sp³-hybridized carbons (Fsp3) is 0.261. The van der Waals surface area contributed by atoms with Crippen LogP contribution in [0, 0.1) is 0 Å². The summed E-state index contributed by atoms with van der Waals surface area (Å²) < 4.78 is 12.9. The lowest BCUT2D eigenvalue weighted by Gasteiger charge is -2.29. The van der Waals surface area contributed by atoms with Crippen LogP contribution in [0.4, 0.5) is 0 Å². The van der Waals surface area contributed by atoms with Crippen molar-refractivity contribution in [3.05, 3.63) is 83.2 Å². The number of aromatic nitrogens is 1. The molecular weight excluding hydrogens is 352 g/mol. The van der Waals surface area contributed by atoms with Gasteiger partial charge in [-0.1, -0.05) is 30.3 Å². The number of rotatable bonds is 6. The molecule has 1 aromatic heterocycles. The molecule has 5 heteroatoms. The Hall–Kier alpha value is -3.21. The quantitative estimate of drug-likeness (QED) is 0.658. The van der Waals surface area contributed by atoms with Gasteiger partial charge in [-0.15, -0.1) is 0 Å². The first-order chi connectivity index (χ1) is 13.7. The Balaban J connectivity index is 1.55. The van der Waals surface area contributed by atoms with Gasteiger partial charge in [0.15, 0.2) is 11.5 Å². The molecule has 0 N–H and O–H groups in total. The number of hydrogen-bond acceptors (Lipinski definition) is 3. The fourth-order valence-electron chi connectivity index (χ4n) is 3.73. The number of methoxy groups -OCH3 is 2. The minimum absolute atomic E-state index is 0.0367. The normalized spacial score (nSPS) is 13.4. The molecule has 1 aliphatic heterocycles. The highest BCUT2D eigenvalue weighted by Gasteiger charge is 2.27. The summed E-state index contributed by atoms with van der Waals surface area (Å²) in [5.74, 6) is 1.29. The third kappa shape index (κ3) is 3.48. The highest BCUT2D eigenvalue weighted by atomic mass is 16.5. The van der Waals surface area contributed by atoms with Gasteiger partial charge in [-0.25, -0.2) is 0 Å².